The molecule has 1 aliphatic carbocycles. The van der Waals surface area contributed by atoms with Crippen molar-refractivity contribution in [2.24, 2.45) is 0 Å². The Kier molecular flexibility index (Phi) is 5.53. The van der Waals surface area contributed by atoms with Gasteiger partial charge >= 0.3 is 6.03 Å². The highest BCUT2D eigenvalue weighted by molar-refractivity contribution is 5.82. The number of urea groups is 1. The Bertz CT molecular complexity index is 627. The first-order valence-corrected chi connectivity index (χ1v) is 8.84. The molecule has 0 spiro atoms. The van der Waals surface area contributed by atoms with Crippen molar-refractivity contribution in [3.8, 4) is 0 Å². The van der Waals surface area contributed by atoms with Gasteiger partial charge in [0, 0.05) is 38.8 Å². The van der Waals surface area contributed by atoms with Gasteiger partial charge in [0.25, 0.3) is 0 Å². The SMILES string of the molecule is C[C@H](C(=O)NC1CC1)N1CCN(C(=O)NCc2cccc(F)c2)CC1. The molecule has 1 heterocycles. The minimum Gasteiger partial charge on any atom is -0.352 e. The van der Waals surface area contributed by atoms with Crippen molar-refractivity contribution < 1.29 is 14.0 Å². The molecule has 2 fully saturated rings. The normalized spacial score (nSPS) is 19.4. The van der Waals surface area contributed by atoms with Gasteiger partial charge in [-0.15, -0.1) is 0 Å². The van der Waals surface area contributed by atoms with Gasteiger partial charge in [-0.3, -0.25) is 9.69 Å². The van der Waals surface area contributed by atoms with Crippen LogP contribution in [0.1, 0.15) is 25.3 Å². The second kappa shape index (κ2) is 7.82. The third-order valence-electron chi connectivity index (χ3n) is 4.79. The van der Waals surface area contributed by atoms with E-state index in [9.17, 15) is 14.0 Å². The van der Waals surface area contributed by atoms with Crippen LogP contribution in [0.3, 0.4) is 0 Å². The van der Waals surface area contributed by atoms with Gasteiger partial charge in [-0.2, -0.15) is 0 Å². The molecule has 1 saturated heterocycles. The maximum Gasteiger partial charge on any atom is 0.317 e. The van der Waals surface area contributed by atoms with Crippen LogP contribution in [-0.2, 0) is 11.3 Å². The van der Waals surface area contributed by atoms with E-state index in [2.05, 4.69) is 15.5 Å². The van der Waals surface area contributed by atoms with E-state index < -0.39 is 0 Å². The van der Waals surface area contributed by atoms with Gasteiger partial charge in [0.15, 0.2) is 0 Å². The lowest BCUT2D eigenvalue weighted by Gasteiger charge is -2.37. The Labute approximate surface area is 147 Å². The average molecular weight is 348 g/mol. The van der Waals surface area contributed by atoms with Crippen LogP contribution in [0.25, 0.3) is 0 Å². The molecule has 1 aliphatic heterocycles. The van der Waals surface area contributed by atoms with Crippen molar-refractivity contribution in [1.29, 1.82) is 0 Å². The van der Waals surface area contributed by atoms with Crippen molar-refractivity contribution in [2.75, 3.05) is 26.2 Å². The Morgan fingerprint density at radius 3 is 2.60 bits per heavy atom. The van der Waals surface area contributed by atoms with Crippen molar-refractivity contribution in [1.82, 2.24) is 20.4 Å². The van der Waals surface area contributed by atoms with E-state index in [1.54, 1.807) is 17.0 Å². The van der Waals surface area contributed by atoms with Gasteiger partial charge in [0.05, 0.1) is 6.04 Å². The van der Waals surface area contributed by atoms with Crippen LogP contribution in [0.4, 0.5) is 9.18 Å². The molecular weight excluding hydrogens is 323 g/mol. The molecule has 2 aliphatic rings. The van der Waals surface area contributed by atoms with Crippen LogP contribution in [0, 0.1) is 5.82 Å². The second-order valence-electron chi connectivity index (χ2n) is 6.77. The lowest BCUT2D eigenvalue weighted by Crippen LogP contribution is -2.56. The minimum absolute atomic E-state index is 0.0755. The smallest absolute Gasteiger partial charge is 0.317 e. The molecule has 2 N–H and O–H groups in total. The zero-order valence-electron chi connectivity index (χ0n) is 14.5. The number of piperazine rings is 1. The molecule has 0 unspecified atom stereocenters. The minimum atomic E-state index is -0.307. The fourth-order valence-corrected chi connectivity index (χ4v) is 2.96. The highest BCUT2D eigenvalue weighted by Gasteiger charge is 2.30. The number of halogens is 1. The maximum atomic E-state index is 13.2. The summed E-state index contributed by atoms with van der Waals surface area (Å²) in [6.07, 6.45) is 2.16. The van der Waals surface area contributed by atoms with Crippen LogP contribution in [0.15, 0.2) is 24.3 Å². The third-order valence-corrected chi connectivity index (χ3v) is 4.79. The number of amides is 3. The zero-order valence-corrected chi connectivity index (χ0v) is 14.5. The maximum absolute atomic E-state index is 13.2. The van der Waals surface area contributed by atoms with Crippen LogP contribution >= 0.6 is 0 Å². The fraction of sp³-hybridized carbons (Fsp3) is 0.556. The first-order valence-electron chi connectivity index (χ1n) is 8.84. The van der Waals surface area contributed by atoms with Crippen molar-refractivity contribution in [2.45, 2.75) is 38.4 Å². The summed E-state index contributed by atoms with van der Waals surface area (Å²) in [6, 6.07) is 6.25. The van der Waals surface area contributed by atoms with Gasteiger partial charge in [0.1, 0.15) is 5.82 Å². The number of hydrogen-bond acceptors (Lipinski definition) is 3. The third kappa shape index (κ3) is 4.92. The second-order valence-corrected chi connectivity index (χ2v) is 6.77. The Balaban J connectivity index is 1.41. The van der Waals surface area contributed by atoms with Crippen LogP contribution < -0.4 is 10.6 Å². The molecule has 1 saturated carbocycles. The number of nitrogens with one attached hydrogen (secondary N) is 2. The first-order chi connectivity index (χ1) is 12.0. The summed E-state index contributed by atoms with van der Waals surface area (Å²) in [6.45, 7) is 4.72. The van der Waals surface area contributed by atoms with E-state index >= 15 is 0 Å². The fourth-order valence-electron chi connectivity index (χ4n) is 2.96. The van der Waals surface area contributed by atoms with E-state index in [0.29, 0.717) is 38.8 Å². The number of benzene rings is 1. The molecule has 0 aromatic heterocycles. The van der Waals surface area contributed by atoms with Gasteiger partial charge in [-0.25, -0.2) is 9.18 Å². The predicted molar refractivity (Wildman–Crippen MR) is 92.4 cm³/mol. The number of carbonyl (C=O) groups is 2. The summed E-state index contributed by atoms with van der Waals surface area (Å²) < 4.78 is 13.2. The summed E-state index contributed by atoms with van der Waals surface area (Å²) in [7, 11) is 0. The molecule has 1 aromatic carbocycles. The van der Waals surface area contributed by atoms with E-state index in [1.165, 1.54) is 12.1 Å². The molecule has 0 bridgehead atoms. The number of nitrogens with zero attached hydrogens (tertiary/aromatic N) is 2. The zero-order chi connectivity index (χ0) is 17.8. The number of carbonyl (C=O) groups excluding carboxylic acids is 2. The van der Waals surface area contributed by atoms with Crippen LogP contribution in [0.2, 0.25) is 0 Å². The number of rotatable bonds is 5. The molecule has 7 heteroatoms. The average Bonchev–Trinajstić information content (AvgIpc) is 3.43. The lowest BCUT2D eigenvalue weighted by molar-refractivity contribution is -0.126. The molecule has 136 valence electrons. The summed E-state index contributed by atoms with van der Waals surface area (Å²) in [5.74, 6) is -0.231. The topological polar surface area (TPSA) is 64.7 Å². The molecule has 1 atom stereocenters. The molecule has 6 nitrogen and oxygen atoms in total. The monoisotopic (exact) mass is 348 g/mol. The standard InChI is InChI=1S/C18H25FN4O2/c1-13(17(24)21-16-5-6-16)22-7-9-23(10-8-22)18(25)20-12-14-3-2-4-15(19)11-14/h2-4,11,13,16H,5-10,12H2,1H3,(H,20,25)(H,21,24)/t13-/m1/s1. The molecule has 3 amide bonds. The molecule has 3 rings (SSSR count). The summed E-state index contributed by atoms with van der Waals surface area (Å²) in [4.78, 5) is 28.2. The van der Waals surface area contributed by atoms with Gasteiger partial charge in [-0.05, 0) is 37.5 Å². The van der Waals surface area contributed by atoms with E-state index in [1.807, 2.05) is 6.92 Å². The van der Waals surface area contributed by atoms with Gasteiger partial charge < -0.3 is 15.5 Å². The van der Waals surface area contributed by atoms with E-state index in [0.717, 1.165) is 18.4 Å². The Hall–Kier alpha value is -2.15. The molecule has 0 radical (unpaired) electrons. The first kappa shape index (κ1) is 17.7. The van der Waals surface area contributed by atoms with Crippen molar-refractivity contribution in [3.63, 3.8) is 0 Å². The molecule has 25 heavy (non-hydrogen) atoms. The Morgan fingerprint density at radius 2 is 1.96 bits per heavy atom. The lowest BCUT2D eigenvalue weighted by atomic mass is 10.2. The van der Waals surface area contributed by atoms with Crippen molar-refractivity contribution in [3.05, 3.63) is 35.6 Å². The summed E-state index contributed by atoms with van der Waals surface area (Å²) in [5, 5.41) is 5.84. The van der Waals surface area contributed by atoms with Crippen LogP contribution in [0.5, 0.6) is 0 Å². The van der Waals surface area contributed by atoms with Gasteiger partial charge in [-0.1, -0.05) is 12.1 Å². The van der Waals surface area contributed by atoms with E-state index in [4.69, 9.17) is 0 Å². The summed E-state index contributed by atoms with van der Waals surface area (Å²) >= 11 is 0. The molecular formula is C18H25FN4O2. The number of hydrogen-bond donors (Lipinski definition) is 2. The predicted octanol–water partition coefficient (Wildman–Crippen LogP) is 1.32. The van der Waals surface area contributed by atoms with Crippen molar-refractivity contribution >= 4 is 11.9 Å². The highest BCUT2D eigenvalue weighted by Crippen LogP contribution is 2.19. The van der Waals surface area contributed by atoms with Gasteiger partial charge in [0.2, 0.25) is 5.91 Å². The largest absolute Gasteiger partial charge is 0.352 e. The molecule has 1 aromatic rings. The highest BCUT2D eigenvalue weighted by atomic mass is 19.1. The quantitative estimate of drug-likeness (QED) is 0.844. The Morgan fingerprint density at radius 1 is 1.24 bits per heavy atom. The van der Waals surface area contributed by atoms with E-state index in [-0.39, 0.29) is 23.8 Å². The van der Waals surface area contributed by atoms with Crippen LogP contribution in [-0.4, -0.2) is 60.0 Å². The summed E-state index contributed by atoms with van der Waals surface area (Å²) in [5.41, 5.74) is 0.734.